The zero-order chi connectivity index (χ0) is 15.4. The summed E-state index contributed by atoms with van der Waals surface area (Å²) in [5.41, 5.74) is 1.47. The van der Waals surface area contributed by atoms with Crippen molar-refractivity contribution in [2.24, 2.45) is 4.99 Å². The number of aromatic nitrogens is 1. The van der Waals surface area contributed by atoms with Crippen molar-refractivity contribution in [2.45, 2.75) is 12.5 Å². The van der Waals surface area contributed by atoms with E-state index < -0.39 is 5.95 Å². The highest BCUT2D eigenvalue weighted by Crippen LogP contribution is 2.22. The highest BCUT2D eigenvalue weighted by atomic mass is 35.5. The molecule has 114 valence electrons. The number of nitrogens with one attached hydrogen (secondary N) is 1. The average molecular weight is 320 g/mol. The Morgan fingerprint density at radius 1 is 1.32 bits per heavy atom. The smallest absolute Gasteiger partial charge is 0.285 e. The molecule has 0 spiro atoms. The summed E-state index contributed by atoms with van der Waals surface area (Å²) in [5, 5.41) is 3.84. The number of rotatable bonds is 4. The molecule has 4 nitrogen and oxygen atoms in total. The number of halogens is 2. The van der Waals surface area contributed by atoms with Crippen LogP contribution in [-0.2, 0) is 11.2 Å². The van der Waals surface area contributed by atoms with Crippen molar-refractivity contribution in [1.82, 2.24) is 10.3 Å². The summed E-state index contributed by atoms with van der Waals surface area (Å²) in [6.45, 7) is 1.19. The van der Waals surface area contributed by atoms with Gasteiger partial charge >= 0.3 is 0 Å². The quantitative estimate of drug-likeness (QED) is 0.881. The second kappa shape index (κ2) is 6.75. The highest BCUT2D eigenvalue weighted by Gasteiger charge is 2.19. The number of aliphatic imine (C=N–C) groups is 1. The van der Waals surface area contributed by atoms with Gasteiger partial charge in [0.05, 0.1) is 12.6 Å². The summed E-state index contributed by atoms with van der Waals surface area (Å²) < 4.78 is 19.2. The molecular weight excluding hydrogens is 305 g/mol. The van der Waals surface area contributed by atoms with Gasteiger partial charge in [-0.3, -0.25) is 0 Å². The molecule has 2 heterocycles. The van der Waals surface area contributed by atoms with Crippen molar-refractivity contribution in [3.8, 4) is 0 Å². The Bertz CT molecular complexity index is 693. The third-order valence-electron chi connectivity index (χ3n) is 3.39. The first kappa shape index (κ1) is 14.8. The highest BCUT2D eigenvalue weighted by molar-refractivity contribution is 6.30. The van der Waals surface area contributed by atoms with E-state index in [4.69, 9.17) is 16.3 Å². The summed E-state index contributed by atoms with van der Waals surface area (Å²) in [4.78, 5) is 7.92. The van der Waals surface area contributed by atoms with Gasteiger partial charge in [-0.1, -0.05) is 29.8 Å². The normalized spacial score (nSPS) is 15.1. The monoisotopic (exact) mass is 319 g/mol. The Morgan fingerprint density at radius 3 is 2.95 bits per heavy atom. The number of benzene rings is 1. The van der Waals surface area contributed by atoms with Crippen molar-refractivity contribution in [2.75, 3.05) is 13.2 Å². The van der Waals surface area contributed by atoms with Gasteiger partial charge < -0.3 is 10.1 Å². The van der Waals surface area contributed by atoms with E-state index in [1.165, 1.54) is 6.20 Å². The Labute approximate surface area is 133 Å². The molecule has 22 heavy (non-hydrogen) atoms. The van der Waals surface area contributed by atoms with E-state index in [9.17, 15) is 4.39 Å². The molecule has 0 saturated heterocycles. The van der Waals surface area contributed by atoms with Crippen LogP contribution in [0.5, 0.6) is 0 Å². The van der Waals surface area contributed by atoms with Crippen molar-refractivity contribution in [3.63, 3.8) is 0 Å². The lowest BCUT2D eigenvalue weighted by molar-refractivity contribution is 0.324. The molecule has 1 aromatic carbocycles. The third kappa shape index (κ3) is 3.54. The molecule has 6 heteroatoms. The molecule has 1 aliphatic rings. The van der Waals surface area contributed by atoms with E-state index in [1.54, 1.807) is 18.2 Å². The molecule has 0 aliphatic carbocycles. The maximum atomic E-state index is 13.8. The summed E-state index contributed by atoms with van der Waals surface area (Å²) in [6, 6.07) is 11.2. The van der Waals surface area contributed by atoms with Crippen LogP contribution in [0, 0.1) is 5.95 Å². The average Bonchev–Trinajstić information content (AvgIpc) is 3.02. The minimum absolute atomic E-state index is 0.200. The largest absolute Gasteiger partial charge is 0.463 e. The summed E-state index contributed by atoms with van der Waals surface area (Å²) >= 11 is 6.06. The molecule has 0 amide bonds. The van der Waals surface area contributed by atoms with Gasteiger partial charge in [-0.15, -0.1) is 0 Å². The van der Waals surface area contributed by atoms with Crippen LogP contribution in [-0.4, -0.2) is 24.2 Å². The molecule has 0 bridgehead atoms. The molecule has 1 aromatic heterocycles. The van der Waals surface area contributed by atoms with E-state index in [-0.39, 0.29) is 6.04 Å². The van der Waals surface area contributed by atoms with Gasteiger partial charge in [0.1, 0.15) is 6.61 Å². The molecule has 3 rings (SSSR count). The Hall–Kier alpha value is -2.14. The minimum Gasteiger partial charge on any atom is -0.463 e. The zero-order valence-electron chi connectivity index (χ0n) is 11.8. The fourth-order valence-electron chi connectivity index (χ4n) is 2.34. The van der Waals surface area contributed by atoms with Gasteiger partial charge in [0.2, 0.25) is 5.95 Å². The maximum Gasteiger partial charge on any atom is 0.285 e. The van der Waals surface area contributed by atoms with E-state index in [1.807, 2.05) is 18.2 Å². The SMILES string of the molecule is Fc1ncccc1CC(NC1=NCCO1)c1cccc(Cl)c1. The van der Waals surface area contributed by atoms with Crippen LogP contribution in [0.3, 0.4) is 0 Å². The van der Waals surface area contributed by atoms with Crippen LogP contribution < -0.4 is 5.32 Å². The third-order valence-corrected chi connectivity index (χ3v) is 3.63. The lowest BCUT2D eigenvalue weighted by atomic mass is 10.00. The molecular formula is C16H15ClFN3O. The molecule has 2 aromatic rings. The Balaban J connectivity index is 1.87. The minimum atomic E-state index is -0.467. The van der Waals surface area contributed by atoms with Crippen LogP contribution in [0.25, 0.3) is 0 Å². The molecule has 1 atom stereocenters. The second-order valence-electron chi connectivity index (χ2n) is 4.94. The van der Waals surface area contributed by atoms with Crippen LogP contribution in [0.15, 0.2) is 47.6 Å². The van der Waals surface area contributed by atoms with Crippen molar-refractivity contribution in [3.05, 3.63) is 64.7 Å². The topological polar surface area (TPSA) is 46.5 Å². The standard InChI is InChI=1S/C16H15ClFN3O/c17-13-5-1-3-11(9-13)14(21-16-20-7-8-22-16)10-12-4-2-6-19-15(12)18/h1-6,9,14H,7-8,10H2,(H,20,21). The fraction of sp³-hybridized carbons (Fsp3) is 0.250. The van der Waals surface area contributed by atoms with Gasteiger partial charge in [0.15, 0.2) is 0 Å². The molecule has 1 unspecified atom stereocenters. The summed E-state index contributed by atoms with van der Waals surface area (Å²) in [7, 11) is 0. The number of pyridine rings is 1. The fourth-order valence-corrected chi connectivity index (χ4v) is 2.54. The van der Waals surface area contributed by atoms with Crippen LogP contribution in [0.4, 0.5) is 4.39 Å². The first-order valence-corrected chi connectivity index (χ1v) is 7.39. The first-order valence-electron chi connectivity index (χ1n) is 7.01. The van der Waals surface area contributed by atoms with Gasteiger partial charge in [-0.2, -0.15) is 4.39 Å². The molecule has 0 fully saturated rings. The van der Waals surface area contributed by atoms with Crippen LogP contribution >= 0.6 is 11.6 Å². The van der Waals surface area contributed by atoms with Gasteiger partial charge in [-0.25, -0.2) is 9.98 Å². The summed E-state index contributed by atoms with van der Waals surface area (Å²) in [5.74, 6) is -0.467. The van der Waals surface area contributed by atoms with E-state index in [2.05, 4.69) is 15.3 Å². The maximum absolute atomic E-state index is 13.8. The van der Waals surface area contributed by atoms with Gasteiger partial charge in [0.25, 0.3) is 6.02 Å². The van der Waals surface area contributed by atoms with E-state index in [0.29, 0.717) is 36.2 Å². The second-order valence-corrected chi connectivity index (χ2v) is 5.38. The van der Waals surface area contributed by atoms with Crippen LogP contribution in [0.2, 0.25) is 5.02 Å². The number of hydrogen-bond donors (Lipinski definition) is 1. The summed E-state index contributed by atoms with van der Waals surface area (Å²) in [6.07, 6.45) is 1.85. The van der Waals surface area contributed by atoms with Crippen molar-refractivity contribution in [1.29, 1.82) is 0 Å². The van der Waals surface area contributed by atoms with Gasteiger partial charge in [0, 0.05) is 23.2 Å². The van der Waals surface area contributed by atoms with Crippen molar-refractivity contribution < 1.29 is 9.13 Å². The number of nitrogens with zero attached hydrogens (tertiary/aromatic N) is 2. The zero-order valence-corrected chi connectivity index (χ0v) is 12.6. The number of amidine groups is 1. The Kier molecular flexibility index (Phi) is 4.53. The predicted molar refractivity (Wildman–Crippen MR) is 83.5 cm³/mol. The number of hydrogen-bond acceptors (Lipinski definition) is 4. The van der Waals surface area contributed by atoms with Crippen molar-refractivity contribution >= 4 is 17.6 Å². The molecule has 0 radical (unpaired) electrons. The molecule has 1 aliphatic heterocycles. The van der Waals surface area contributed by atoms with E-state index >= 15 is 0 Å². The first-order chi connectivity index (χ1) is 10.7. The number of ether oxygens (including phenoxy) is 1. The lowest BCUT2D eigenvalue weighted by Crippen LogP contribution is -2.30. The predicted octanol–water partition coefficient (Wildman–Crippen LogP) is 3.13. The van der Waals surface area contributed by atoms with Crippen LogP contribution in [0.1, 0.15) is 17.2 Å². The molecule has 0 saturated carbocycles. The molecule has 1 N–H and O–H groups in total. The lowest BCUT2D eigenvalue weighted by Gasteiger charge is -2.20. The Morgan fingerprint density at radius 2 is 2.23 bits per heavy atom. The van der Waals surface area contributed by atoms with Gasteiger partial charge in [-0.05, 0) is 23.8 Å². The van der Waals surface area contributed by atoms with E-state index in [0.717, 1.165) is 5.56 Å².